The molecule has 4 heteroatoms. The Labute approximate surface area is 127 Å². The van der Waals surface area contributed by atoms with Crippen molar-refractivity contribution in [3.63, 3.8) is 0 Å². The van der Waals surface area contributed by atoms with E-state index in [1.807, 2.05) is 32.9 Å². The number of aryl methyl sites for hydroxylation is 1. The van der Waals surface area contributed by atoms with E-state index in [-0.39, 0.29) is 11.9 Å². The minimum absolute atomic E-state index is 0.0286. The third kappa shape index (κ3) is 3.63. The van der Waals surface area contributed by atoms with Gasteiger partial charge in [0.1, 0.15) is 0 Å². The number of benzene rings is 1. The van der Waals surface area contributed by atoms with E-state index in [9.17, 15) is 4.79 Å². The summed E-state index contributed by atoms with van der Waals surface area (Å²) in [6.45, 7) is 11.9. The van der Waals surface area contributed by atoms with Crippen molar-refractivity contribution in [3.05, 3.63) is 35.4 Å². The van der Waals surface area contributed by atoms with Gasteiger partial charge in [-0.05, 0) is 38.8 Å². The molecule has 1 aliphatic heterocycles. The minimum atomic E-state index is -0.473. The van der Waals surface area contributed by atoms with E-state index in [1.165, 1.54) is 11.1 Å². The average molecular weight is 289 g/mol. The molecular formula is C17H27N3O. The van der Waals surface area contributed by atoms with Crippen LogP contribution in [0.4, 0.5) is 0 Å². The predicted molar refractivity (Wildman–Crippen MR) is 86.3 cm³/mol. The molecule has 0 spiro atoms. The van der Waals surface area contributed by atoms with Gasteiger partial charge in [-0.25, -0.2) is 0 Å². The van der Waals surface area contributed by atoms with Crippen LogP contribution >= 0.6 is 0 Å². The Morgan fingerprint density at radius 3 is 2.52 bits per heavy atom. The van der Waals surface area contributed by atoms with Crippen LogP contribution in [0.3, 0.4) is 0 Å². The second-order valence-electron chi connectivity index (χ2n) is 6.35. The summed E-state index contributed by atoms with van der Waals surface area (Å²) in [6, 6.07) is 8.24. The van der Waals surface area contributed by atoms with Crippen molar-refractivity contribution >= 4 is 5.91 Å². The summed E-state index contributed by atoms with van der Waals surface area (Å²) in [6.07, 6.45) is 0. The molecule has 0 radical (unpaired) electrons. The second kappa shape index (κ2) is 6.58. The smallest absolute Gasteiger partial charge is 0.240 e. The molecule has 2 rings (SSSR count). The van der Waals surface area contributed by atoms with Crippen molar-refractivity contribution in [2.75, 3.05) is 26.2 Å². The number of hydrogen-bond acceptors (Lipinski definition) is 3. The van der Waals surface area contributed by atoms with Gasteiger partial charge in [-0.2, -0.15) is 0 Å². The predicted octanol–water partition coefficient (Wildman–Crippen LogP) is 1.86. The molecule has 21 heavy (non-hydrogen) atoms. The zero-order valence-corrected chi connectivity index (χ0v) is 13.6. The summed E-state index contributed by atoms with van der Waals surface area (Å²) in [5, 5.41) is 6.50. The van der Waals surface area contributed by atoms with Gasteiger partial charge in [0, 0.05) is 26.2 Å². The highest BCUT2D eigenvalue weighted by molar-refractivity contribution is 5.85. The molecule has 0 aromatic heterocycles. The highest BCUT2D eigenvalue weighted by atomic mass is 16.2. The largest absolute Gasteiger partial charge is 0.348 e. The molecule has 116 valence electrons. The molecule has 1 aromatic carbocycles. The number of rotatable bonds is 4. The van der Waals surface area contributed by atoms with E-state index in [4.69, 9.17) is 0 Å². The number of piperazine rings is 1. The van der Waals surface area contributed by atoms with E-state index >= 15 is 0 Å². The summed E-state index contributed by atoms with van der Waals surface area (Å²) >= 11 is 0. The van der Waals surface area contributed by atoms with Crippen LogP contribution in [0.5, 0.6) is 0 Å². The molecule has 0 bridgehead atoms. The molecule has 1 aliphatic rings. The van der Waals surface area contributed by atoms with Crippen molar-refractivity contribution in [1.29, 1.82) is 0 Å². The lowest BCUT2D eigenvalue weighted by Gasteiger charge is -2.40. The first kappa shape index (κ1) is 16.0. The fourth-order valence-electron chi connectivity index (χ4n) is 2.89. The van der Waals surface area contributed by atoms with E-state index in [0.29, 0.717) is 0 Å². The number of amides is 1. The van der Waals surface area contributed by atoms with Gasteiger partial charge in [0.15, 0.2) is 0 Å². The standard InChI is InChI=1S/C17H27N3O/c1-13-7-5-6-8-15(13)14(2)19-16(21)17(3,4)20-11-9-18-10-12-20/h5-8,14,18H,9-12H2,1-4H3,(H,19,21)/t14-/m1/s1. The van der Waals surface area contributed by atoms with Gasteiger partial charge in [0.05, 0.1) is 11.6 Å². The van der Waals surface area contributed by atoms with Crippen molar-refractivity contribution in [1.82, 2.24) is 15.5 Å². The van der Waals surface area contributed by atoms with E-state index in [2.05, 4.69) is 34.6 Å². The fourth-order valence-corrected chi connectivity index (χ4v) is 2.89. The summed E-state index contributed by atoms with van der Waals surface area (Å²) < 4.78 is 0. The maximum atomic E-state index is 12.7. The van der Waals surface area contributed by atoms with Gasteiger partial charge in [0.2, 0.25) is 5.91 Å². The zero-order valence-electron chi connectivity index (χ0n) is 13.6. The molecule has 1 heterocycles. The van der Waals surface area contributed by atoms with E-state index in [1.54, 1.807) is 0 Å². The Bertz CT molecular complexity index is 493. The van der Waals surface area contributed by atoms with Gasteiger partial charge < -0.3 is 10.6 Å². The van der Waals surface area contributed by atoms with Crippen LogP contribution in [0.1, 0.15) is 37.9 Å². The maximum absolute atomic E-state index is 12.7. The van der Waals surface area contributed by atoms with Crippen molar-refractivity contribution < 1.29 is 4.79 Å². The third-order valence-corrected chi connectivity index (χ3v) is 4.47. The molecular weight excluding hydrogens is 262 g/mol. The van der Waals surface area contributed by atoms with Crippen molar-refractivity contribution in [2.45, 2.75) is 39.3 Å². The van der Waals surface area contributed by atoms with Gasteiger partial charge in [-0.1, -0.05) is 24.3 Å². The lowest BCUT2D eigenvalue weighted by molar-refractivity contribution is -0.132. The number of hydrogen-bond donors (Lipinski definition) is 2. The quantitative estimate of drug-likeness (QED) is 0.889. The Kier molecular flexibility index (Phi) is 5.01. The normalized spacial score (nSPS) is 18.3. The maximum Gasteiger partial charge on any atom is 0.240 e. The summed E-state index contributed by atoms with van der Waals surface area (Å²) in [7, 11) is 0. The van der Waals surface area contributed by atoms with Crippen LogP contribution in [-0.4, -0.2) is 42.5 Å². The lowest BCUT2D eigenvalue weighted by Crippen LogP contribution is -2.60. The Balaban J connectivity index is 2.04. The molecule has 0 aliphatic carbocycles. The third-order valence-electron chi connectivity index (χ3n) is 4.47. The molecule has 1 atom stereocenters. The number of carbonyl (C=O) groups is 1. The number of carbonyl (C=O) groups excluding carboxylic acids is 1. The van der Waals surface area contributed by atoms with Crippen LogP contribution in [0, 0.1) is 6.92 Å². The highest BCUT2D eigenvalue weighted by Crippen LogP contribution is 2.20. The summed E-state index contributed by atoms with van der Waals surface area (Å²) in [5.41, 5.74) is 1.92. The monoisotopic (exact) mass is 289 g/mol. The Hall–Kier alpha value is -1.39. The van der Waals surface area contributed by atoms with Crippen molar-refractivity contribution in [3.8, 4) is 0 Å². The first-order valence-electron chi connectivity index (χ1n) is 7.75. The minimum Gasteiger partial charge on any atom is -0.348 e. The molecule has 1 aromatic rings. The first-order valence-corrected chi connectivity index (χ1v) is 7.75. The van der Waals surface area contributed by atoms with Crippen LogP contribution < -0.4 is 10.6 Å². The second-order valence-corrected chi connectivity index (χ2v) is 6.35. The molecule has 1 fully saturated rings. The van der Waals surface area contributed by atoms with Crippen LogP contribution in [-0.2, 0) is 4.79 Å². The zero-order chi connectivity index (χ0) is 15.5. The summed E-state index contributed by atoms with van der Waals surface area (Å²) in [4.78, 5) is 14.9. The van der Waals surface area contributed by atoms with Crippen LogP contribution in [0.2, 0.25) is 0 Å². The molecule has 4 nitrogen and oxygen atoms in total. The van der Waals surface area contributed by atoms with E-state index < -0.39 is 5.54 Å². The fraction of sp³-hybridized carbons (Fsp3) is 0.588. The first-order chi connectivity index (χ1) is 9.93. The molecule has 1 amide bonds. The summed E-state index contributed by atoms with van der Waals surface area (Å²) in [5.74, 6) is 0.0974. The van der Waals surface area contributed by atoms with E-state index in [0.717, 1.165) is 26.2 Å². The van der Waals surface area contributed by atoms with Gasteiger partial charge in [-0.3, -0.25) is 9.69 Å². The number of nitrogens with zero attached hydrogens (tertiary/aromatic N) is 1. The Morgan fingerprint density at radius 1 is 1.29 bits per heavy atom. The van der Waals surface area contributed by atoms with Crippen LogP contribution in [0.15, 0.2) is 24.3 Å². The number of nitrogens with one attached hydrogen (secondary N) is 2. The van der Waals surface area contributed by atoms with Gasteiger partial charge >= 0.3 is 0 Å². The van der Waals surface area contributed by atoms with Crippen LogP contribution in [0.25, 0.3) is 0 Å². The average Bonchev–Trinajstić information content (AvgIpc) is 2.48. The van der Waals surface area contributed by atoms with Gasteiger partial charge in [0.25, 0.3) is 0 Å². The topological polar surface area (TPSA) is 44.4 Å². The van der Waals surface area contributed by atoms with Gasteiger partial charge in [-0.15, -0.1) is 0 Å². The SMILES string of the molecule is Cc1ccccc1[C@@H](C)NC(=O)C(C)(C)N1CCNCC1. The molecule has 2 N–H and O–H groups in total. The Morgan fingerprint density at radius 2 is 1.90 bits per heavy atom. The lowest BCUT2D eigenvalue weighted by atomic mass is 9.97. The molecule has 0 saturated carbocycles. The molecule has 1 saturated heterocycles. The highest BCUT2D eigenvalue weighted by Gasteiger charge is 2.35. The van der Waals surface area contributed by atoms with Crippen molar-refractivity contribution in [2.24, 2.45) is 0 Å². The molecule has 0 unspecified atom stereocenters.